The van der Waals surface area contributed by atoms with Crippen molar-refractivity contribution in [3.8, 4) is 0 Å². The molecule has 0 spiro atoms. The summed E-state index contributed by atoms with van der Waals surface area (Å²) in [5, 5.41) is 25.8. The van der Waals surface area contributed by atoms with Crippen LogP contribution in [0, 0.1) is 39.0 Å². The first-order valence-electron chi connectivity index (χ1n) is 20.3. The van der Waals surface area contributed by atoms with Gasteiger partial charge in [0, 0.05) is 222 Å². The molecule has 31 heteroatoms. The average molecular weight is 1640 g/mol. The molecule has 6 N–H and O–H groups in total. The fourth-order valence-corrected chi connectivity index (χ4v) is 2.70. The number of alkyl carbamates (subject to hydrolysis) is 4. The van der Waals surface area contributed by atoms with Gasteiger partial charge >= 0.3 is 36.3 Å². The number of ether oxygens (including phenoxy) is 6. The molecule has 0 saturated carbocycles. The van der Waals surface area contributed by atoms with Crippen LogP contribution in [0.5, 0.6) is 0 Å². The molecule has 0 aromatic carbocycles. The van der Waals surface area contributed by atoms with Crippen LogP contribution in [0.15, 0.2) is 12.2 Å². The molecule has 0 unspecified atom stereocenters. The number of hydroxylamine groups is 2. The van der Waals surface area contributed by atoms with E-state index < -0.39 is 70.6 Å². The zero-order valence-corrected chi connectivity index (χ0v) is 66.0. The number of carbonyl (C=O) groups is 10. The Hall–Kier alpha value is 0.633. The molecule has 6 radical (unpaired) electrons. The number of nitrogens with one attached hydrogen (secondary N) is 4. The zero-order chi connectivity index (χ0) is 54.7. The number of hydrogen-bond acceptors (Lipinski definition) is 17. The SMILES string of the molecule is CC(C)(C)OC(=O)N[CH-]C(=O)O.CC(C)(C)OC(=O)N[CH-]C=O.COC(=O)/C=C/[CH-]NC(=O)OC(C)(C)C.CON(C)C(=O)[CH-]NC(=O)OC(C)(C)C.C[CH-]CCC(=O)O.C[CH-]CCC(=O)OC.I.[Y].[Y].[Y].[Y].[Y].[Y]. The van der Waals surface area contributed by atoms with Crippen LogP contribution in [0.3, 0.4) is 0 Å². The van der Waals surface area contributed by atoms with Gasteiger partial charge in [-0.3, -0.25) is 29.1 Å². The van der Waals surface area contributed by atoms with E-state index in [2.05, 4.69) is 30.3 Å². The standard InChI is InChI=1S/C10H16NO4.C9H17N2O4.C7H12NO4.C7H12NO3.C6H11O2.C5H9O2.HI.6Y/c1-10(2,3)15-9(13)11-7-5-6-8(12)14-4;1-9(2,3)15-8(13)10-6-7(12)11(4)14-5;1-7(2,3)12-6(11)8-4-5(9)10;1-7(2,3)11-6(10)8-4-5-9;1-3-4-5-6(7)8-2;1-2-3-4-5(6)7;;;;;;;/h5-7H,1-4H3,(H,11,13);6H,1-5H3,(H,10,13);4H,1-3H3,(H,8,11)(H,9,10);4-5H,1-3H3,(H,8,10);3H,4-5H2,1-2H3;2H,3-4H2,1H3,(H,6,7);1H;;;;;;/q6*-1;;;;;;;/b6-5+;;;;;;;;;;;;. The minimum atomic E-state index is -1.22. The number of carbonyl (C=O) groups excluding carboxylic acids is 8. The van der Waals surface area contributed by atoms with Gasteiger partial charge < -0.3 is 82.3 Å². The van der Waals surface area contributed by atoms with Crippen molar-refractivity contribution < 1.29 is 288 Å². The van der Waals surface area contributed by atoms with Crippen LogP contribution in [0.2, 0.25) is 0 Å². The normalized spacial score (nSPS) is 9.15. The van der Waals surface area contributed by atoms with Gasteiger partial charge in [-0.25, -0.2) is 38.3 Å². The number of amides is 5. The molecule has 0 aliphatic rings. The van der Waals surface area contributed by atoms with Crippen molar-refractivity contribution in [2.45, 2.75) is 145 Å². The Kier molecular flexibility index (Phi) is 93.7. The van der Waals surface area contributed by atoms with Gasteiger partial charge in [0.2, 0.25) is 5.97 Å². The molecule has 0 rings (SSSR count). The van der Waals surface area contributed by atoms with E-state index in [0.717, 1.165) is 24.6 Å². The van der Waals surface area contributed by atoms with E-state index in [1.807, 2.05) is 32.0 Å². The van der Waals surface area contributed by atoms with Crippen LogP contribution in [0.1, 0.15) is 123 Å². The predicted molar refractivity (Wildman–Crippen MR) is 263 cm³/mol. The van der Waals surface area contributed by atoms with Crippen LogP contribution in [-0.2, 0) is 258 Å². The van der Waals surface area contributed by atoms with Gasteiger partial charge in [0.25, 0.3) is 0 Å². The third kappa shape index (κ3) is 111. The summed E-state index contributed by atoms with van der Waals surface area (Å²) in [5.74, 6) is -3.05. The molecule has 75 heavy (non-hydrogen) atoms. The molecule has 0 saturated heterocycles. The summed E-state index contributed by atoms with van der Waals surface area (Å²) in [6.45, 7) is 28.4. The van der Waals surface area contributed by atoms with E-state index in [-0.39, 0.29) is 233 Å². The van der Waals surface area contributed by atoms with Crippen molar-refractivity contribution in [1.29, 1.82) is 0 Å². The Morgan fingerprint density at radius 3 is 1.13 bits per heavy atom. The number of carboxylic acid groups (broad SMARTS) is 2. The number of halogens is 1. The fourth-order valence-electron chi connectivity index (χ4n) is 2.70. The van der Waals surface area contributed by atoms with E-state index in [4.69, 9.17) is 29.2 Å². The quantitative estimate of drug-likeness (QED) is 0.0181. The summed E-state index contributed by atoms with van der Waals surface area (Å²) in [7, 11) is 5.45. The number of carboxylic acids is 2. The van der Waals surface area contributed by atoms with Crippen molar-refractivity contribution in [3.05, 3.63) is 51.2 Å². The Bertz CT molecular complexity index is 1530. The van der Waals surface area contributed by atoms with Crippen molar-refractivity contribution in [1.82, 2.24) is 26.3 Å². The van der Waals surface area contributed by atoms with Crippen LogP contribution < -0.4 is 21.3 Å². The minimum absolute atomic E-state index is 0. The van der Waals surface area contributed by atoms with Crippen LogP contribution in [-0.4, -0.2) is 127 Å². The zero-order valence-electron chi connectivity index (χ0n) is 46.7. The number of aliphatic carboxylic acids is 2. The molecule has 24 nitrogen and oxygen atoms in total. The number of aldehydes is 1. The molecule has 0 aromatic heterocycles. The molecular weight excluding hydrogens is 1560 g/mol. The number of likely N-dealkylation sites (N-methyl/N-ethyl adjacent to an activating group) is 1. The number of nitrogens with zero attached hydrogens (tertiary/aromatic N) is 1. The van der Waals surface area contributed by atoms with Gasteiger partial charge in [-0.2, -0.15) is 33.2 Å². The second-order valence-electron chi connectivity index (χ2n) is 16.4. The van der Waals surface area contributed by atoms with Gasteiger partial charge in [0.05, 0.1) is 21.3 Å². The summed E-state index contributed by atoms with van der Waals surface area (Å²) in [5.41, 5.74) is -2.27. The van der Waals surface area contributed by atoms with Crippen LogP contribution in [0.4, 0.5) is 19.2 Å². The first kappa shape index (κ1) is 107. The molecule has 5 amide bonds. The first-order valence-corrected chi connectivity index (χ1v) is 20.3. The van der Waals surface area contributed by atoms with Gasteiger partial charge in [-0.1, -0.05) is 0 Å². The first-order chi connectivity index (χ1) is 31.0. The Morgan fingerprint density at radius 1 is 0.533 bits per heavy atom. The molecule has 424 valence electrons. The molecule has 0 aliphatic heterocycles. The van der Waals surface area contributed by atoms with Crippen molar-refractivity contribution >= 4 is 84.4 Å². The number of hydrogen-bond donors (Lipinski definition) is 6. The van der Waals surface area contributed by atoms with Crippen LogP contribution >= 0.6 is 24.0 Å². The predicted octanol–water partition coefficient (Wildman–Crippen LogP) is 6.57. The maximum atomic E-state index is 11.1. The second-order valence-corrected chi connectivity index (χ2v) is 16.4. The Labute approximate surface area is 613 Å². The molecule has 0 aliphatic carbocycles. The van der Waals surface area contributed by atoms with E-state index in [1.165, 1.54) is 47.1 Å². The number of methoxy groups -OCH3 is 2. The van der Waals surface area contributed by atoms with Crippen LogP contribution in [0.25, 0.3) is 0 Å². The maximum absolute atomic E-state index is 11.1. The van der Waals surface area contributed by atoms with E-state index in [1.54, 1.807) is 83.1 Å². The van der Waals surface area contributed by atoms with Crippen molar-refractivity contribution in [2.24, 2.45) is 0 Å². The van der Waals surface area contributed by atoms with Crippen molar-refractivity contribution in [2.75, 3.05) is 28.4 Å². The number of esters is 2. The van der Waals surface area contributed by atoms with Gasteiger partial charge in [-0.15, -0.1) is 36.6 Å². The Morgan fingerprint density at radius 2 is 0.867 bits per heavy atom. The van der Waals surface area contributed by atoms with E-state index in [0.29, 0.717) is 25.7 Å². The summed E-state index contributed by atoms with van der Waals surface area (Å²) >= 11 is 0. The van der Waals surface area contributed by atoms with Gasteiger partial charge in [-0.05, 0) is 83.1 Å². The summed E-state index contributed by atoms with van der Waals surface area (Å²) in [6, 6.07) is 0. The molecule has 0 heterocycles. The molecule has 0 aromatic rings. The van der Waals surface area contributed by atoms with Gasteiger partial charge in [0.15, 0.2) is 5.97 Å². The third-order valence-electron chi connectivity index (χ3n) is 5.32. The number of rotatable bonds is 16. The van der Waals surface area contributed by atoms with E-state index in [9.17, 15) is 47.9 Å². The summed E-state index contributed by atoms with van der Waals surface area (Å²) < 4.78 is 28.1. The van der Waals surface area contributed by atoms with Gasteiger partial charge in [0.1, 0.15) is 28.3 Å². The fraction of sp³-hybridized carbons (Fsp3) is 0.591. The molecular formula is C44H78IN5O19Y6-6. The maximum Gasteiger partial charge on any atom is 0.395 e. The molecule has 0 fully saturated rings. The van der Waals surface area contributed by atoms with E-state index >= 15 is 0 Å². The minimum Gasteiger partial charge on any atom is -0.502 e. The molecule has 0 bridgehead atoms. The Balaban J connectivity index is -0.0000000558. The van der Waals surface area contributed by atoms with Crippen molar-refractivity contribution in [3.63, 3.8) is 0 Å². The largest absolute Gasteiger partial charge is 0.502 e. The third-order valence-corrected chi connectivity index (χ3v) is 5.32. The molecule has 0 atom stereocenters. The average Bonchev–Trinajstić information content (AvgIpc) is 3.19. The number of unbranched alkanes of at least 4 members (excludes halogenated alkanes) is 2. The topological polar surface area (TPSA) is 327 Å². The second kappa shape index (κ2) is 65.4. The summed E-state index contributed by atoms with van der Waals surface area (Å²) in [6.07, 6.45) is 6.40. The smallest absolute Gasteiger partial charge is 0.395 e. The monoisotopic (exact) mass is 1640 g/mol. The summed E-state index contributed by atoms with van der Waals surface area (Å²) in [4.78, 5) is 110.